The lowest BCUT2D eigenvalue weighted by molar-refractivity contribution is -0.116. The average Bonchev–Trinajstić information content (AvgIpc) is 3.62. The van der Waals surface area contributed by atoms with E-state index in [1.54, 1.807) is 24.8 Å². The van der Waals surface area contributed by atoms with Gasteiger partial charge in [-0.15, -0.1) is 0 Å². The van der Waals surface area contributed by atoms with Gasteiger partial charge in [-0.05, 0) is 19.4 Å². The van der Waals surface area contributed by atoms with Crippen molar-refractivity contribution in [3.8, 4) is 28.5 Å². The molecule has 6 aromatic rings. The molecule has 0 aliphatic heterocycles. The van der Waals surface area contributed by atoms with Crippen LogP contribution < -0.4 is 5.32 Å². The number of imidazole rings is 2. The molecular formula is C25H21FN10O. The molecule has 184 valence electrons. The van der Waals surface area contributed by atoms with Crippen molar-refractivity contribution >= 4 is 33.5 Å². The third kappa shape index (κ3) is 3.97. The molecule has 0 saturated heterocycles. The van der Waals surface area contributed by atoms with Crippen molar-refractivity contribution in [2.75, 3.05) is 5.32 Å². The quantitative estimate of drug-likeness (QED) is 0.311. The summed E-state index contributed by atoms with van der Waals surface area (Å²) in [5, 5.41) is 10.2. The van der Waals surface area contributed by atoms with Crippen molar-refractivity contribution < 1.29 is 9.18 Å². The maximum Gasteiger partial charge on any atom is 0.224 e. The number of rotatable bonds is 6. The number of hydrogen-bond donors (Lipinski definition) is 3. The van der Waals surface area contributed by atoms with E-state index in [2.05, 4.69) is 40.4 Å². The highest BCUT2D eigenvalue weighted by molar-refractivity contribution is 5.96. The number of aromatic nitrogens is 9. The molecule has 6 rings (SSSR count). The zero-order valence-electron chi connectivity index (χ0n) is 19.9. The number of anilines is 1. The molecule has 0 spiro atoms. The van der Waals surface area contributed by atoms with Crippen LogP contribution in [0.5, 0.6) is 0 Å². The molecule has 1 amide bonds. The number of carbonyl (C=O) groups excluding carboxylic acids is 1. The van der Waals surface area contributed by atoms with E-state index in [1.807, 2.05) is 24.6 Å². The fourth-order valence-corrected chi connectivity index (χ4v) is 4.21. The van der Waals surface area contributed by atoms with E-state index in [0.29, 0.717) is 45.7 Å². The van der Waals surface area contributed by atoms with E-state index in [0.717, 1.165) is 17.8 Å². The Labute approximate surface area is 209 Å². The summed E-state index contributed by atoms with van der Waals surface area (Å²) in [5.74, 6) is -0.335. The van der Waals surface area contributed by atoms with Crippen molar-refractivity contribution in [2.24, 2.45) is 0 Å². The number of hydrogen-bond acceptors (Lipinski definition) is 7. The first-order valence-corrected chi connectivity index (χ1v) is 11.6. The number of aromatic amines is 2. The summed E-state index contributed by atoms with van der Waals surface area (Å²) >= 11 is 0. The molecule has 0 radical (unpaired) electrons. The van der Waals surface area contributed by atoms with Gasteiger partial charge in [0.1, 0.15) is 16.9 Å². The molecule has 6 heterocycles. The normalized spacial score (nSPS) is 11.4. The standard InChI is InChI=1S/C25H21FN10O/c1-3-4-19(37)31-15-5-14(6-27-7-15)22-21(26)20-16(9-29-22)34-35-24(20)25-32-17-8-28-10-18(23(17)33-25)36-11-13(2)30-12-36/h5-12H,3-4H2,1-2H3,(H,31,37)(H,32,33)(H,34,35). The van der Waals surface area contributed by atoms with Crippen LogP contribution >= 0.6 is 0 Å². The molecule has 37 heavy (non-hydrogen) atoms. The van der Waals surface area contributed by atoms with Crippen molar-refractivity contribution in [3.05, 3.63) is 61.1 Å². The lowest BCUT2D eigenvalue weighted by Crippen LogP contribution is -2.10. The van der Waals surface area contributed by atoms with Gasteiger partial charge in [-0.2, -0.15) is 5.10 Å². The van der Waals surface area contributed by atoms with Gasteiger partial charge in [0.25, 0.3) is 0 Å². The first kappa shape index (κ1) is 22.5. The molecule has 0 aromatic carbocycles. The third-order valence-electron chi connectivity index (χ3n) is 5.91. The molecule has 11 nitrogen and oxygen atoms in total. The molecule has 3 N–H and O–H groups in total. The number of carbonyl (C=O) groups is 1. The number of halogens is 1. The van der Waals surface area contributed by atoms with Crippen LogP contribution in [0.2, 0.25) is 0 Å². The number of fused-ring (bicyclic) bond motifs is 2. The van der Waals surface area contributed by atoms with Gasteiger partial charge in [0, 0.05) is 24.4 Å². The minimum Gasteiger partial charge on any atom is -0.335 e. The highest BCUT2D eigenvalue weighted by Crippen LogP contribution is 2.33. The Morgan fingerprint density at radius 2 is 1.95 bits per heavy atom. The van der Waals surface area contributed by atoms with Gasteiger partial charge in [0.2, 0.25) is 5.91 Å². The minimum absolute atomic E-state index is 0.0848. The molecule has 0 aliphatic carbocycles. The molecule has 0 bridgehead atoms. The van der Waals surface area contributed by atoms with Gasteiger partial charge in [-0.1, -0.05) is 6.92 Å². The van der Waals surface area contributed by atoms with Gasteiger partial charge in [-0.3, -0.25) is 24.8 Å². The lowest BCUT2D eigenvalue weighted by atomic mass is 10.1. The number of H-pyrrole nitrogens is 2. The first-order valence-electron chi connectivity index (χ1n) is 11.6. The average molecular weight is 497 g/mol. The van der Waals surface area contributed by atoms with Crippen LogP contribution in [0.25, 0.3) is 50.4 Å². The zero-order chi connectivity index (χ0) is 25.5. The topological polar surface area (TPSA) is 143 Å². The summed E-state index contributed by atoms with van der Waals surface area (Å²) in [6.07, 6.45) is 12.5. The fraction of sp³-hybridized carbons (Fsp3) is 0.160. The molecule has 0 atom stereocenters. The minimum atomic E-state index is -0.580. The second-order valence-corrected chi connectivity index (χ2v) is 8.60. The Morgan fingerprint density at radius 3 is 2.76 bits per heavy atom. The number of pyridine rings is 3. The molecule has 0 saturated carbocycles. The van der Waals surface area contributed by atoms with E-state index < -0.39 is 5.82 Å². The number of amides is 1. The molecule has 0 aliphatic rings. The zero-order valence-corrected chi connectivity index (χ0v) is 19.9. The van der Waals surface area contributed by atoms with Crippen LogP contribution in [0.4, 0.5) is 10.1 Å². The van der Waals surface area contributed by atoms with Crippen LogP contribution in [0.1, 0.15) is 25.5 Å². The fourth-order valence-electron chi connectivity index (χ4n) is 4.21. The second-order valence-electron chi connectivity index (χ2n) is 8.60. The Bertz CT molecular complexity index is 1780. The highest BCUT2D eigenvalue weighted by Gasteiger charge is 2.21. The van der Waals surface area contributed by atoms with E-state index in [4.69, 9.17) is 4.98 Å². The Hall–Kier alpha value is -5.00. The second kappa shape index (κ2) is 8.90. The molecule has 6 aromatic heterocycles. The van der Waals surface area contributed by atoms with Gasteiger partial charge >= 0.3 is 0 Å². The summed E-state index contributed by atoms with van der Waals surface area (Å²) < 4.78 is 17.8. The highest BCUT2D eigenvalue weighted by atomic mass is 19.1. The van der Waals surface area contributed by atoms with E-state index >= 15 is 4.39 Å². The van der Waals surface area contributed by atoms with Gasteiger partial charge in [-0.25, -0.2) is 14.4 Å². The van der Waals surface area contributed by atoms with E-state index in [-0.39, 0.29) is 17.0 Å². The van der Waals surface area contributed by atoms with Crippen molar-refractivity contribution in [1.29, 1.82) is 0 Å². The predicted molar refractivity (Wildman–Crippen MR) is 135 cm³/mol. The maximum absolute atomic E-state index is 15.9. The number of nitrogens with one attached hydrogen (secondary N) is 3. The molecular weight excluding hydrogens is 475 g/mol. The Balaban J connectivity index is 1.44. The SMILES string of the molecule is CCCC(=O)Nc1cncc(-c2ncc3[nH]nc(-c4nc5c(-n6cnc(C)c6)cncc5[nH]4)c3c2F)c1. The van der Waals surface area contributed by atoms with Crippen LogP contribution in [0.15, 0.2) is 49.6 Å². The van der Waals surface area contributed by atoms with E-state index in [1.165, 1.54) is 18.6 Å². The van der Waals surface area contributed by atoms with Gasteiger partial charge in [0.05, 0.1) is 64.6 Å². The smallest absolute Gasteiger partial charge is 0.224 e. The largest absolute Gasteiger partial charge is 0.335 e. The molecule has 12 heteroatoms. The van der Waals surface area contributed by atoms with Crippen LogP contribution in [0.3, 0.4) is 0 Å². The number of aryl methyl sites for hydroxylation is 1. The summed E-state index contributed by atoms with van der Waals surface area (Å²) in [6.45, 7) is 3.82. The van der Waals surface area contributed by atoms with Crippen LogP contribution in [-0.4, -0.2) is 50.6 Å². The van der Waals surface area contributed by atoms with Crippen LogP contribution in [0, 0.1) is 12.7 Å². The van der Waals surface area contributed by atoms with Crippen molar-refractivity contribution in [1.82, 2.24) is 44.7 Å². The van der Waals surface area contributed by atoms with Crippen molar-refractivity contribution in [3.63, 3.8) is 0 Å². The van der Waals surface area contributed by atoms with E-state index in [9.17, 15) is 4.79 Å². The summed E-state index contributed by atoms with van der Waals surface area (Å²) in [6, 6.07) is 1.64. The lowest BCUT2D eigenvalue weighted by Gasteiger charge is -2.07. The molecule has 0 fully saturated rings. The number of nitrogens with zero attached hydrogens (tertiary/aromatic N) is 7. The Morgan fingerprint density at radius 1 is 1.08 bits per heavy atom. The predicted octanol–water partition coefficient (Wildman–Crippen LogP) is 4.33. The summed E-state index contributed by atoms with van der Waals surface area (Å²) in [4.78, 5) is 36.9. The monoisotopic (exact) mass is 496 g/mol. The first-order chi connectivity index (χ1) is 18.0. The van der Waals surface area contributed by atoms with Gasteiger partial charge in [0.15, 0.2) is 11.6 Å². The Kier molecular flexibility index (Phi) is 5.40. The van der Waals surface area contributed by atoms with Gasteiger partial charge < -0.3 is 14.9 Å². The third-order valence-corrected chi connectivity index (χ3v) is 5.91. The summed E-state index contributed by atoms with van der Waals surface area (Å²) in [5.41, 5.74) is 4.61. The van der Waals surface area contributed by atoms with Crippen LogP contribution in [-0.2, 0) is 4.79 Å². The van der Waals surface area contributed by atoms with Crippen molar-refractivity contribution in [2.45, 2.75) is 26.7 Å². The molecule has 0 unspecified atom stereocenters. The maximum atomic E-state index is 15.9. The summed E-state index contributed by atoms with van der Waals surface area (Å²) in [7, 11) is 0.